The number of terminal acetylenes is 1. The highest BCUT2D eigenvalue weighted by molar-refractivity contribution is 5.81. The number of carbonyl (C=O) groups is 1. The zero-order valence-corrected chi connectivity index (χ0v) is 28.2. The van der Waals surface area contributed by atoms with E-state index in [0.29, 0.717) is 36.0 Å². The number of fused-ring (bicyclic) bond motifs is 6. The minimum absolute atomic E-state index is 0.102. The highest BCUT2D eigenvalue weighted by Crippen LogP contribution is 2.68. The van der Waals surface area contributed by atoms with Crippen LogP contribution in [0.4, 0.5) is 10.2 Å². The topological polar surface area (TPSA) is 166 Å². The molecule has 262 valence electrons. The predicted octanol–water partition coefficient (Wildman–Crippen LogP) is 4.15. The maximum absolute atomic E-state index is 14.0. The van der Waals surface area contributed by atoms with Crippen LogP contribution in [0.1, 0.15) is 97.6 Å². The molecule has 11 nitrogen and oxygen atoms in total. The number of nitrogens with zero attached hydrogens (tertiary/aromatic N) is 4. The number of hydrogen-bond donors (Lipinski definition) is 4. The van der Waals surface area contributed by atoms with Crippen LogP contribution in [-0.4, -0.2) is 71.3 Å². The van der Waals surface area contributed by atoms with Crippen molar-refractivity contribution in [3.05, 3.63) is 12.4 Å². The van der Waals surface area contributed by atoms with Crippen LogP contribution in [-0.2, 0) is 14.3 Å². The van der Waals surface area contributed by atoms with Gasteiger partial charge in [-0.15, -0.1) is 6.42 Å². The Kier molecular flexibility index (Phi) is 8.54. The van der Waals surface area contributed by atoms with E-state index in [1.165, 1.54) is 10.9 Å². The van der Waals surface area contributed by atoms with Gasteiger partial charge in [-0.1, -0.05) is 26.7 Å². The van der Waals surface area contributed by atoms with Crippen LogP contribution in [0, 0.1) is 64.8 Å². The summed E-state index contributed by atoms with van der Waals surface area (Å²) >= 11 is 0. The minimum atomic E-state index is -1.59. The van der Waals surface area contributed by atoms with E-state index in [0.717, 1.165) is 51.4 Å². The molecule has 48 heavy (non-hydrogen) atoms. The smallest absolute Gasteiger partial charge is 0.312 e. The number of rotatable bonds is 7. The van der Waals surface area contributed by atoms with E-state index < -0.39 is 36.6 Å². The normalized spacial score (nSPS) is 42.8. The van der Waals surface area contributed by atoms with E-state index in [-0.39, 0.29) is 58.8 Å². The Labute approximate surface area is 281 Å². The summed E-state index contributed by atoms with van der Waals surface area (Å²) in [6.45, 7) is 6.51. The fourth-order valence-corrected chi connectivity index (χ4v) is 11.4. The third kappa shape index (κ3) is 5.22. The van der Waals surface area contributed by atoms with Crippen molar-refractivity contribution in [3.8, 4) is 12.3 Å². The first-order valence-electron chi connectivity index (χ1n) is 17.8. The van der Waals surface area contributed by atoms with Crippen molar-refractivity contribution in [2.24, 2.45) is 46.3 Å². The summed E-state index contributed by atoms with van der Waals surface area (Å²) in [5.41, 5.74) is 4.83. The number of aromatic nitrogens is 4. The Morgan fingerprint density at radius 2 is 1.92 bits per heavy atom. The van der Waals surface area contributed by atoms with Crippen LogP contribution >= 0.6 is 0 Å². The molecule has 1 saturated heterocycles. The summed E-state index contributed by atoms with van der Waals surface area (Å²) in [5, 5.41) is 32.2. The molecule has 5 fully saturated rings. The molecule has 0 spiro atoms. The molecule has 12 heteroatoms. The molecular formula is C36H50FN5O6. The second-order valence-corrected chi connectivity index (χ2v) is 16.1. The number of halogens is 1. The lowest BCUT2D eigenvalue weighted by atomic mass is 9.43. The number of nitrogens with two attached hydrogens (primary N) is 1. The van der Waals surface area contributed by atoms with Gasteiger partial charge in [0.15, 0.2) is 22.6 Å². The van der Waals surface area contributed by atoms with Crippen molar-refractivity contribution in [1.29, 1.82) is 0 Å². The van der Waals surface area contributed by atoms with Gasteiger partial charge >= 0.3 is 12.0 Å². The van der Waals surface area contributed by atoms with Gasteiger partial charge in [-0.05, 0) is 104 Å². The van der Waals surface area contributed by atoms with Crippen molar-refractivity contribution in [2.45, 2.75) is 122 Å². The number of anilines is 1. The van der Waals surface area contributed by atoms with Gasteiger partial charge in [0.25, 0.3) is 0 Å². The van der Waals surface area contributed by atoms with Gasteiger partial charge in [-0.3, -0.25) is 9.36 Å². The number of aliphatic hydroxyl groups is 3. The Hall–Kier alpha value is -2.85. The average Bonchev–Trinajstić information content (AvgIpc) is 3.74. The van der Waals surface area contributed by atoms with Crippen LogP contribution in [0.2, 0.25) is 0 Å². The number of nitrogen functional groups attached to an aromatic ring is 1. The fourth-order valence-electron chi connectivity index (χ4n) is 11.4. The number of aliphatic hydroxyl groups excluding tert-OH is 3. The van der Waals surface area contributed by atoms with Crippen LogP contribution in [0.3, 0.4) is 0 Å². The number of esters is 1. The monoisotopic (exact) mass is 667 g/mol. The Morgan fingerprint density at radius 3 is 2.67 bits per heavy atom. The van der Waals surface area contributed by atoms with Crippen molar-refractivity contribution in [3.63, 3.8) is 0 Å². The summed E-state index contributed by atoms with van der Waals surface area (Å²) in [7, 11) is 0. The summed E-state index contributed by atoms with van der Waals surface area (Å²) in [6.07, 6.45) is 12.8. The number of carbonyl (C=O) groups excluding carboxylic acids is 1. The molecule has 2 unspecified atom stereocenters. The highest BCUT2D eigenvalue weighted by Gasteiger charge is 2.63. The molecule has 7 rings (SSSR count). The molecule has 4 aliphatic carbocycles. The molecule has 0 bridgehead atoms. The van der Waals surface area contributed by atoms with Gasteiger partial charge < -0.3 is 30.5 Å². The first-order valence-corrected chi connectivity index (χ1v) is 17.8. The standard InChI is InChI=1S/C36H50FN5O6/c1-5-36(17-43)26(16-27(48-36)42-18-39-30-31(38)40-33(37)41-32(30)42)47-28(46)9-6-19(2)22-7-8-23-29-24(11-13-35(22,23)4)34(3)12-10-21(44)14-20(34)15-25(29)45/h1,18-27,29,43-45H,6-17H2,2-4H3,(H2,38,40,41)/t19-,20+,21-,22-,23?,24?,25+,26+,27-,29+,34+,35-,36-/m1/s1. The second-order valence-electron chi connectivity index (χ2n) is 16.1. The molecule has 2 aromatic heterocycles. The second kappa shape index (κ2) is 12.2. The molecule has 5 aliphatic rings. The van der Waals surface area contributed by atoms with Gasteiger partial charge in [0, 0.05) is 12.8 Å². The van der Waals surface area contributed by atoms with E-state index in [4.69, 9.17) is 21.6 Å². The third-order valence-corrected chi connectivity index (χ3v) is 14.0. The SMILES string of the molecule is C#C[C@]1(CO)O[C@@H](n2cnc3c(N)nc(F)nc32)C[C@@H]1OC(=O)CC[C@@H](C)[C@H]1CCC2[C@H]3C(CC[C@@]21C)[C@@]1(C)CC[C@@H](O)C[C@H]1C[C@@H]3O. The predicted molar refractivity (Wildman–Crippen MR) is 174 cm³/mol. The van der Waals surface area contributed by atoms with Gasteiger partial charge in [0.05, 0.1) is 25.1 Å². The lowest BCUT2D eigenvalue weighted by Gasteiger charge is -2.62. The molecule has 5 N–H and O–H groups in total. The number of ether oxygens (including phenoxy) is 2. The molecule has 2 aromatic rings. The number of imidazole rings is 1. The number of hydrogen-bond acceptors (Lipinski definition) is 10. The Bertz CT molecular complexity index is 1600. The molecule has 0 amide bonds. The summed E-state index contributed by atoms with van der Waals surface area (Å²) in [4.78, 5) is 24.8. The van der Waals surface area contributed by atoms with Crippen molar-refractivity contribution >= 4 is 23.0 Å². The van der Waals surface area contributed by atoms with Crippen molar-refractivity contribution < 1.29 is 34.0 Å². The van der Waals surface area contributed by atoms with E-state index in [1.54, 1.807) is 0 Å². The summed E-state index contributed by atoms with van der Waals surface area (Å²) < 4.78 is 27.4. The van der Waals surface area contributed by atoms with Crippen molar-refractivity contribution in [1.82, 2.24) is 19.5 Å². The molecule has 1 aliphatic heterocycles. The summed E-state index contributed by atoms with van der Waals surface area (Å²) in [5.74, 6) is 4.30. The van der Waals surface area contributed by atoms with E-state index in [1.807, 2.05) is 0 Å². The maximum Gasteiger partial charge on any atom is 0.312 e. The Morgan fingerprint density at radius 1 is 1.17 bits per heavy atom. The zero-order chi connectivity index (χ0) is 34.2. The molecular weight excluding hydrogens is 617 g/mol. The third-order valence-electron chi connectivity index (χ3n) is 14.0. The molecule has 0 radical (unpaired) electrons. The van der Waals surface area contributed by atoms with Gasteiger partial charge in [-0.25, -0.2) is 4.98 Å². The molecule has 13 atom stereocenters. The van der Waals surface area contributed by atoms with E-state index >= 15 is 0 Å². The van der Waals surface area contributed by atoms with Crippen molar-refractivity contribution in [2.75, 3.05) is 12.3 Å². The van der Waals surface area contributed by atoms with Gasteiger partial charge in [-0.2, -0.15) is 14.4 Å². The quantitative estimate of drug-likeness (QED) is 0.192. The molecule has 4 saturated carbocycles. The van der Waals surface area contributed by atoms with Crippen LogP contribution in [0.25, 0.3) is 11.2 Å². The van der Waals surface area contributed by atoms with Gasteiger partial charge in [0.2, 0.25) is 0 Å². The van der Waals surface area contributed by atoms with E-state index in [9.17, 15) is 24.5 Å². The largest absolute Gasteiger partial charge is 0.458 e. The first-order chi connectivity index (χ1) is 22.8. The highest BCUT2D eigenvalue weighted by atomic mass is 19.1. The fraction of sp³-hybridized carbons (Fsp3) is 0.778. The summed E-state index contributed by atoms with van der Waals surface area (Å²) in [6, 6.07) is 0. The maximum atomic E-state index is 14.0. The zero-order valence-electron chi connectivity index (χ0n) is 28.2. The first kappa shape index (κ1) is 33.6. The lowest BCUT2D eigenvalue weighted by Crippen LogP contribution is -2.58. The van der Waals surface area contributed by atoms with Gasteiger partial charge in [0.1, 0.15) is 12.3 Å². The molecule has 0 aromatic carbocycles. The van der Waals surface area contributed by atoms with Crippen LogP contribution in [0.5, 0.6) is 0 Å². The van der Waals surface area contributed by atoms with Crippen LogP contribution < -0.4 is 5.73 Å². The molecule has 3 heterocycles. The van der Waals surface area contributed by atoms with E-state index in [2.05, 4.69) is 41.6 Å². The average molecular weight is 668 g/mol. The Balaban J connectivity index is 1.00. The van der Waals surface area contributed by atoms with Crippen LogP contribution in [0.15, 0.2) is 6.33 Å². The minimum Gasteiger partial charge on any atom is -0.458 e. The lowest BCUT2D eigenvalue weighted by molar-refractivity contribution is -0.174.